The lowest BCUT2D eigenvalue weighted by Gasteiger charge is -2.29. The van der Waals surface area contributed by atoms with E-state index in [4.69, 9.17) is 9.40 Å². The molecule has 2 aromatic heterocycles. The molecule has 2 atom stereocenters. The number of carbonyl (C=O) groups excluding carboxylic acids is 1. The van der Waals surface area contributed by atoms with Crippen LogP contribution in [-0.4, -0.2) is 31.8 Å². The molecular formula is C25H24N4O2. The summed E-state index contributed by atoms with van der Waals surface area (Å²) < 4.78 is 6.07. The number of para-hydroxylation sites is 2. The first kappa shape index (κ1) is 19.4. The maximum Gasteiger partial charge on any atom is 0.255 e. The Morgan fingerprint density at radius 2 is 1.90 bits per heavy atom. The van der Waals surface area contributed by atoms with Crippen LogP contribution in [0.15, 0.2) is 65.3 Å². The van der Waals surface area contributed by atoms with E-state index in [1.54, 1.807) is 18.5 Å². The number of oxazole rings is 1. The number of aromatic nitrogens is 3. The van der Waals surface area contributed by atoms with Crippen LogP contribution in [0.5, 0.6) is 0 Å². The van der Waals surface area contributed by atoms with Crippen molar-refractivity contribution in [3.8, 4) is 11.4 Å². The zero-order chi connectivity index (χ0) is 21.4. The van der Waals surface area contributed by atoms with E-state index >= 15 is 0 Å². The zero-order valence-electron chi connectivity index (χ0n) is 17.7. The summed E-state index contributed by atoms with van der Waals surface area (Å²) in [6, 6.07) is 15.3. The van der Waals surface area contributed by atoms with Gasteiger partial charge in [0, 0.05) is 24.0 Å². The average molecular weight is 412 g/mol. The number of hydrogen-bond acceptors (Lipinski definition) is 5. The van der Waals surface area contributed by atoms with Gasteiger partial charge in [-0.1, -0.05) is 36.8 Å². The standard InChI is InChI=1S/C25H24N4O2/c1-3-17-10-12-21(24-28-20-7-4-5-8-22(20)31-24)29(17)25(30)19-15-16(2)9-11-18(19)23-26-13-6-14-27-23/h4-9,11,13-15,17,21H,3,10,12H2,1-2H3. The SMILES string of the molecule is CCC1CCC(c2nc3ccccc3o2)N1C(=O)c1cc(C)ccc1-c1ncccn1. The van der Waals surface area contributed by atoms with E-state index in [0.717, 1.165) is 41.5 Å². The fourth-order valence-electron chi connectivity index (χ4n) is 4.47. The first-order valence-electron chi connectivity index (χ1n) is 10.7. The molecule has 0 N–H and O–H groups in total. The van der Waals surface area contributed by atoms with Gasteiger partial charge in [0.15, 0.2) is 11.4 Å². The van der Waals surface area contributed by atoms with E-state index in [1.165, 1.54) is 0 Å². The Bertz CT molecular complexity index is 1200. The molecule has 0 aliphatic carbocycles. The van der Waals surface area contributed by atoms with Gasteiger partial charge in [-0.05, 0) is 50.5 Å². The molecule has 0 bridgehead atoms. The van der Waals surface area contributed by atoms with Gasteiger partial charge in [0.05, 0.1) is 5.56 Å². The average Bonchev–Trinajstić information content (AvgIpc) is 3.43. The third-order valence-corrected chi connectivity index (χ3v) is 6.02. The number of aryl methyl sites for hydroxylation is 1. The lowest BCUT2D eigenvalue weighted by Crippen LogP contribution is -2.37. The zero-order valence-corrected chi connectivity index (χ0v) is 17.7. The molecular weight excluding hydrogens is 388 g/mol. The number of amides is 1. The summed E-state index contributed by atoms with van der Waals surface area (Å²) in [5.74, 6) is 1.13. The minimum Gasteiger partial charge on any atom is -0.438 e. The minimum absolute atomic E-state index is 0.0252. The van der Waals surface area contributed by atoms with Gasteiger partial charge in [-0.15, -0.1) is 0 Å². The van der Waals surface area contributed by atoms with Crippen LogP contribution < -0.4 is 0 Å². The maximum atomic E-state index is 14.0. The Kier molecular flexibility index (Phi) is 4.98. The normalized spacial score (nSPS) is 18.6. The molecule has 1 aliphatic heterocycles. The second-order valence-electron chi connectivity index (χ2n) is 8.01. The highest BCUT2D eigenvalue weighted by molar-refractivity contribution is 6.01. The van der Waals surface area contributed by atoms with Gasteiger partial charge >= 0.3 is 0 Å². The van der Waals surface area contributed by atoms with Crippen molar-refractivity contribution < 1.29 is 9.21 Å². The number of fused-ring (bicyclic) bond motifs is 1. The Labute approximate surface area is 181 Å². The molecule has 31 heavy (non-hydrogen) atoms. The Balaban J connectivity index is 1.58. The van der Waals surface area contributed by atoms with Crippen LogP contribution in [-0.2, 0) is 0 Å². The summed E-state index contributed by atoms with van der Waals surface area (Å²) in [5, 5.41) is 0. The van der Waals surface area contributed by atoms with Crippen LogP contribution in [0.3, 0.4) is 0 Å². The Hall–Kier alpha value is -3.54. The Morgan fingerprint density at radius 3 is 2.68 bits per heavy atom. The number of benzene rings is 2. The van der Waals surface area contributed by atoms with Gasteiger partial charge in [0.2, 0.25) is 5.89 Å². The predicted molar refractivity (Wildman–Crippen MR) is 118 cm³/mol. The molecule has 2 unspecified atom stereocenters. The van der Waals surface area contributed by atoms with Gasteiger partial charge < -0.3 is 9.32 Å². The Morgan fingerprint density at radius 1 is 1.10 bits per heavy atom. The third-order valence-electron chi connectivity index (χ3n) is 6.02. The molecule has 1 aliphatic rings. The molecule has 2 aromatic carbocycles. The molecule has 156 valence electrons. The topological polar surface area (TPSA) is 72.1 Å². The van der Waals surface area contributed by atoms with E-state index in [-0.39, 0.29) is 18.0 Å². The van der Waals surface area contributed by atoms with E-state index < -0.39 is 0 Å². The number of rotatable bonds is 4. The van der Waals surface area contributed by atoms with E-state index in [1.807, 2.05) is 54.3 Å². The molecule has 0 radical (unpaired) electrons. The summed E-state index contributed by atoms with van der Waals surface area (Å²) in [6.07, 6.45) is 6.03. The lowest BCUT2D eigenvalue weighted by molar-refractivity contribution is 0.0639. The molecule has 1 saturated heterocycles. The molecule has 5 rings (SSSR count). The molecule has 1 fully saturated rings. The van der Waals surface area contributed by atoms with Crippen LogP contribution in [0.25, 0.3) is 22.5 Å². The fraction of sp³-hybridized carbons (Fsp3) is 0.280. The highest BCUT2D eigenvalue weighted by Gasteiger charge is 2.40. The van der Waals surface area contributed by atoms with Crippen molar-refractivity contribution in [2.75, 3.05) is 0 Å². The molecule has 0 saturated carbocycles. The van der Waals surface area contributed by atoms with Crippen molar-refractivity contribution in [3.05, 3.63) is 77.9 Å². The van der Waals surface area contributed by atoms with Crippen molar-refractivity contribution in [3.63, 3.8) is 0 Å². The molecule has 4 aromatic rings. The summed E-state index contributed by atoms with van der Waals surface area (Å²) in [6.45, 7) is 4.11. The van der Waals surface area contributed by atoms with Gasteiger partial charge in [0.1, 0.15) is 11.6 Å². The highest BCUT2D eigenvalue weighted by Crippen LogP contribution is 2.40. The largest absolute Gasteiger partial charge is 0.438 e. The van der Waals surface area contributed by atoms with Gasteiger partial charge in [-0.2, -0.15) is 0 Å². The van der Waals surface area contributed by atoms with E-state index in [9.17, 15) is 4.79 Å². The summed E-state index contributed by atoms with van der Waals surface area (Å²) in [4.78, 5) is 29.4. The van der Waals surface area contributed by atoms with Crippen LogP contribution >= 0.6 is 0 Å². The fourth-order valence-corrected chi connectivity index (χ4v) is 4.47. The summed E-state index contributed by atoms with van der Waals surface area (Å²) in [5.41, 5.74) is 3.95. The smallest absolute Gasteiger partial charge is 0.255 e. The van der Waals surface area contributed by atoms with Gasteiger partial charge in [-0.25, -0.2) is 15.0 Å². The van der Waals surface area contributed by atoms with Crippen molar-refractivity contribution >= 4 is 17.0 Å². The van der Waals surface area contributed by atoms with E-state index in [0.29, 0.717) is 17.3 Å². The molecule has 1 amide bonds. The lowest BCUT2D eigenvalue weighted by atomic mass is 10.0. The second kappa shape index (κ2) is 7.95. The molecule has 0 spiro atoms. The molecule has 6 nitrogen and oxygen atoms in total. The van der Waals surface area contributed by atoms with Crippen LogP contribution in [0.4, 0.5) is 0 Å². The number of hydrogen-bond donors (Lipinski definition) is 0. The van der Waals surface area contributed by atoms with E-state index in [2.05, 4.69) is 16.9 Å². The highest BCUT2D eigenvalue weighted by atomic mass is 16.3. The maximum absolute atomic E-state index is 14.0. The van der Waals surface area contributed by atoms with Gasteiger partial charge in [0.25, 0.3) is 5.91 Å². The van der Waals surface area contributed by atoms with Crippen LogP contribution in [0, 0.1) is 6.92 Å². The van der Waals surface area contributed by atoms with Crippen molar-refractivity contribution in [1.82, 2.24) is 19.9 Å². The first-order chi connectivity index (χ1) is 15.2. The predicted octanol–water partition coefficient (Wildman–Crippen LogP) is 5.35. The number of nitrogens with zero attached hydrogens (tertiary/aromatic N) is 4. The second-order valence-corrected chi connectivity index (χ2v) is 8.01. The van der Waals surface area contributed by atoms with Crippen molar-refractivity contribution in [1.29, 1.82) is 0 Å². The third kappa shape index (κ3) is 3.48. The van der Waals surface area contributed by atoms with Crippen LogP contribution in [0.2, 0.25) is 0 Å². The first-order valence-corrected chi connectivity index (χ1v) is 10.7. The number of carbonyl (C=O) groups is 1. The van der Waals surface area contributed by atoms with Crippen molar-refractivity contribution in [2.24, 2.45) is 0 Å². The summed E-state index contributed by atoms with van der Waals surface area (Å²) >= 11 is 0. The molecule has 6 heteroatoms. The van der Waals surface area contributed by atoms with Crippen molar-refractivity contribution in [2.45, 2.75) is 45.2 Å². The minimum atomic E-state index is -0.185. The van der Waals surface area contributed by atoms with Crippen LogP contribution in [0.1, 0.15) is 54.0 Å². The quantitative estimate of drug-likeness (QED) is 0.452. The summed E-state index contributed by atoms with van der Waals surface area (Å²) in [7, 11) is 0. The van der Waals surface area contributed by atoms with Gasteiger partial charge in [-0.3, -0.25) is 4.79 Å². The number of likely N-dealkylation sites (tertiary alicyclic amines) is 1. The monoisotopic (exact) mass is 412 g/mol. The molecule has 3 heterocycles.